The fraction of sp³-hybridized carbons (Fsp3) is 1.00. The molecule has 0 aromatic carbocycles. The molecule has 4 heteroatoms. The van der Waals surface area contributed by atoms with E-state index in [9.17, 15) is 4.57 Å². The molecular formula is C7H17O3P. The van der Waals surface area contributed by atoms with E-state index >= 15 is 0 Å². The largest absolute Gasteiger partial charge is 0.331 e. The molecule has 0 bridgehead atoms. The fourth-order valence-electron chi connectivity index (χ4n) is 1.12. The van der Waals surface area contributed by atoms with Gasteiger partial charge in [-0.15, -0.1) is 0 Å². The van der Waals surface area contributed by atoms with Crippen LogP contribution in [-0.4, -0.2) is 14.9 Å². The van der Waals surface area contributed by atoms with Crippen LogP contribution in [0.3, 0.4) is 0 Å². The zero-order chi connectivity index (χ0) is 9.28. The Morgan fingerprint density at radius 3 is 1.82 bits per heavy atom. The summed E-state index contributed by atoms with van der Waals surface area (Å²) < 4.78 is 10.9. The zero-order valence-electron chi connectivity index (χ0n) is 7.53. The molecule has 0 saturated carbocycles. The molecule has 0 aliphatic heterocycles. The Balaban J connectivity index is 4.35. The fourth-order valence-corrected chi connectivity index (χ4v) is 1.72. The zero-order valence-corrected chi connectivity index (χ0v) is 8.43. The lowest BCUT2D eigenvalue weighted by molar-refractivity contribution is 0.318. The van der Waals surface area contributed by atoms with Crippen molar-refractivity contribution in [1.29, 1.82) is 0 Å². The summed E-state index contributed by atoms with van der Waals surface area (Å²) in [4.78, 5) is 17.8. The van der Waals surface area contributed by atoms with E-state index in [0.29, 0.717) is 12.3 Å². The van der Waals surface area contributed by atoms with Gasteiger partial charge in [0.25, 0.3) is 0 Å². The highest BCUT2D eigenvalue weighted by Crippen LogP contribution is 2.52. The molecule has 0 aromatic heterocycles. The number of rotatable bonds is 3. The molecule has 68 valence electrons. The predicted molar refractivity (Wildman–Crippen MR) is 45.6 cm³/mol. The standard InChI is InChI=1S/C7H17O3P/c1-6(2)5-7(3,4)11(8,9)10/h6H,5H2,1-4H3,(H2,8,9,10). The minimum Gasteiger partial charge on any atom is -0.324 e. The van der Waals surface area contributed by atoms with Crippen LogP contribution in [0.1, 0.15) is 34.1 Å². The molecule has 3 nitrogen and oxygen atoms in total. The topological polar surface area (TPSA) is 57.5 Å². The lowest BCUT2D eigenvalue weighted by Crippen LogP contribution is -2.22. The Hall–Kier alpha value is 0.150. The van der Waals surface area contributed by atoms with Crippen LogP contribution >= 0.6 is 7.60 Å². The van der Waals surface area contributed by atoms with Crippen LogP contribution in [0.15, 0.2) is 0 Å². The third kappa shape index (κ3) is 3.37. The van der Waals surface area contributed by atoms with E-state index in [0.717, 1.165) is 0 Å². The molecule has 11 heavy (non-hydrogen) atoms. The van der Waals surface area contributed by atoms with Crippen molar-refractivity contribution in [3.8, 4) is 0 Å². The summed E-state index contributed by atoms with van der Waals surface area (Å²) in [5.41, 5.74) is 0. The SMILES string of the molecule is CC(C)CC(C)(C)P(=O)(O)O. The van der Waals surface area contributed by atoms with Gasteiger partial charge in [-0.05, 0) is 26.2 Å². The van der Waals surface area contributed by atoms with Crippen molar-refractivity contribution in [1.82, 2.24) is 0 Å². The first-order chi connectivity index (χ1) is 4.67. The summed E-state index contributed by atoms with van der Waals surface area (Å²) in [7, 11) is -3.92. The van der Waals surface area contributed by atoms with Crippen LogP contribution in [0, 0.1) is 5.92 Å². The van der Waals surface area contributed by atoms with Crippen molar-refractivity contribution in [2.24, 2.45) is 5.92 Å². The second-order valence-electron chi connectivity index (χ2n) is 3.95. The predicted octanol–water partition coefficient (Wildman–Crippen LogP) is 1.99. The molecule has 0 radical (unpaired) electrons. The Morgan fingerprint density at radius 2 is 1.73 bits per heavy atom. The second-order valence-corrected chi connectivity index (χ2v) is 6.25. The summed E-state index contributed by atoms with van der Waals surface area (Å²) in [5.74, 6) is 0.317. The summed E-state index contributed by atoms with van der Waals surface area (Å²) in [5, 5.41) is -0.874. The van der Waals surface area contributed by atoms with Crippen LogP contribution in [0.25, 0.3) is 0 Å². The highest BCUT2D eigenvalue weighted by atomic mass is 31.2. The van der Waals surface area contributed by atoms with Crippen LogP contribution in [0.5, 0.6) is 0 Å². The van der Waals surface area contributed by atoms with Gasteiger partial charge in [-0.1, -0.05) is 13.8 Å². The maximum atomic E-state index is 10.9. The van der Waals surface area contributed by atoms with E-state index in [1.807, 2.05) is 13.8 Å². The van der Waals surface area contributed by atoms with Crippen molar-refractivity contribution in [3.05, 3.63) is 0 Å². The minimum absolute atomic E-state index is 0.317. The molecule has 0 fully saturated rings. The monoisotopic (exact) mass is 180 g/mol. The summed E-state index contributed by atoms with van der Waals surface area (Å²) in [6.45, 7) is 7.12. The van der Waals surface area contributed by atoms with Gasteiger partial charge >= 0.3 is 7.60 Å². The normalized spacial score (nSPS) is 14.1. The summed E-state index contributed by atoms with van der Waals surface area (Å²) in [6.07, 6.45) is 0.553. The van der Waals surface area contributed by atoms with E-state index in [2.05, 4.69) is 0 Å². The highest BCUT2D eigenvalue weighted by molar-refractivity contribution is 7.53. The van der Waals surface area contributed by atoms with E-state index in [1.165, 1.54) is 0 Å². The van der Waals surface area contributed by atoms with Gasteiger partial charge in [-0.25, -0.2) is 0 Å². The maximum Gasteiger partial charge on any atom is 0.331 e. The molecule has 0 aromatic rings. The van der Waals surface area contributed by atoms with Crippen molar-refractivity contribution < 1.29 is 14.4 Å². The van der Waals surface area contributed by atoms with Crippen LogP contribution in [0.4, 0.5) is 0 Å². The van der Waals surface area contributed by atoms with Crippen LogP contribution in [0.2, 0.25) is 0 Å². The van der Waals surface area contributed by atoms with E-state index in [-0.39, 0.29) is 0 Å². The Kier molecular flexibility index (Phi) is 3.30. The van der Waals surface area contributed by atoms with Gasteiger partial charge in [0.1, 0.15) is 0 Å². The summed E-state index contributed by atoms with van der Waals surface area (Å²) >= 11 is 0. The van der Waals surface area contributed by atoms with Gasteiger partial charge in [0, 0.05) is 0 Å². The average Bonchev–Trinajstić information content (AvgIpc) is 1.56. The molecule has 0 saturated heterocycles. The van der Waals surface area contributed by atoms with Crippen molar-refractivity contribution in [3.63, 3.8) is 0 Å². The van der Waals surface area contributed by atoms with Gasteiger partial charge in [-0.3, -0.25) is 4.57 Å². The second kappa shape index (κ2) is 3.26. The molecule has 0 aliphatic rings. The minimum atomic E-state index is -3.92. The van der Waals surface area contributed by atoms with Crippen molar-refractivity contribution in [2.45, 2.75) is 39.3 Å². The Labute approximate surface area is 68.0 Å². The van der Waals surface area contributed by atoms with Gasteiger partial charge < -0.3 is 9.79 Å². The Bertz CT molecular complexity index is 169. The molecule has 0 spiro atoms. The number of hydrogen-bond donors (Lipinski definition) is 2. The molecule has 0 atom stereocenters. The molecule has 0 amide bonds. The first-order valence-corrected chi connectivity index (χ1v) is 5.34. The van der Waals surface area contributed by atoms with E-state index in [4.69, 9.17) is 9.79 Å². The van der Waals surface area contributed by atoms with Crippen LogP contribution < -0.4 is 0 Å². The van der Waals surface area contributed by atoms with Gasteiger partial charge in [0.15, 0.2) is 0 Å². The molecule has 2 N–H and O–H groups in total. The lowest BCUT2D eigenvalue weighted by Gasteiger charge is -2.27. The summed E-state index contributed by atoms with van der Waals surface area (Å²) in [6, 6.07) is 0. The number of hydrogen-bond acceptors (Lipinski definition) is 1. The molecule has 0 aliphatic carbocycles. The van der Waals surface area contributed by atoms with Gasteiger partial charge in [0.05, 0.1) is 5.16 Å². The Morgan fingerprint density at radius 1 is 1.36 bits per heavy atom. The first kappa shape index (κ1) is 11.2. The molecule has 0 unspecified atom stereocenters. The first-order valence-electron chi connectivity index (χ1n) is 3.72. The van der Waals surface area contributed by atoms with Crippen molar-refractivity contribution >= 4 is 7.60 Å². The molecule has 0 heterocycles. The molecular weight excluding hydrogens is 163 g/mol. The van der Waals surface area contributed by atoms with Gasteiger partial charge in [0.2, 0.25) is 0 Å². The highest BCUT2D eigenvalue weighted by Gasteiger charge is 2.37. The average molecular weight is 180 g/mol. The van der Waals surface area contributed by atoms with E-state index < -0.39 is 12.8 Å². The quantitative estimate of drug-likeness (QED) is 0.653. The third-order valence-electron chi connectivity index (χ3n) is 1.70. The third-order valence-corrected chi connectivity index (χ3v) is 3.46. The smallest absolute Gasteiger partial charge is 0.324 e. The van der Waals surface area contributed by atoms with Crippen molar-refractivity contribution in [2.75, 3.05) is 0 Å². The van der Waals surface area contributed by atoms with Gasteiger partial charge in [-0.2, -0.15) is 0 Å². The molecule has 0 rings (SSSR count). The lowest BCUT2D eigenvalue weighted by atomic mass is 10.00. The maximum absolute atomic E-state index is 10.9. The van der Waals surface area contributed by atoms with E-state index in [1.54, 1.807) is 13.8 Å². The van der Waals surface area contributed by atoms with Crippen LogP contribution in [-0.2, 0) is 4.57 Å².